The fourth-order valence-corrected chi connectivity index (χ4v) is 13.9. The normalized spacial score (nSPS) is 12.5. The largest absolute Gasteiger partial charge is 0.264 e. The molecule has 20 rings (SSSR count). The first-order valence-corrected chi connectivity index (χ1v) is 31.5. The molecule has 7 heterocycles. The summed E-state index contributed by atoms with van der Waals surface area (Å²) < 4.78 is 87.8. The standard InChI is InChI=1S/3C18H13N.2C17H12N2.5H2/c1-12-8-9-14-13-5-2-3-6-15(13)18-16(17(14)11-12)7-4-10-19-18;1-12-8-9-15-13-5-2-3-6-14(13)16-7-4-10-19-18(16)17(15)11-12;1-12-6-7-15-13-4-2-3-5-14(13)16-8-9-19-11-18(16)17(15)10-12;1-11-6-7-12-13-4-2-8-18-16(13)17-14(15(12)10-11)5-3-9-19-17;1-11-2-3-12-13-4-6-18-9-16(13)14-5-7-19-10-17(14)15(12)8-11;;;;;/h3*2-11H,1H3;2*2-10H,1H3;5*1H/i5*1D;5*1+1D. The van der Waals surface area contributed by atoms with Crippen LogP contribution in [0.3, 0.4) is 0 Å². The lowest BCUT2D eigenvalue weighted by Gasteiger charge is -2.10. The Morgan fingerprint density at radius 2 is 0.421 bits per heavy atom. The fraction of sp³-hybridized carbons (Fsp3) is 0.0568. The molecule has 7 aromatic heterocycles. The van der Waals surface area contributed by atoms with Gasteiger partial charge in [0.15, 0.2) is 0 Å². The van der Waals surface area contributed by atoms with Crippen molar-refractivity contribution < 1.29 is 21.7 Å². The molecule has 0 bridgehead atoms. The zero-order valence-electron chi connectivity index (χ0n) is 66.9. The summed E-state index contributed by atoms with van der Waals surface area (Å²) in [6.07, 6.45) is 18.5. The van der Waals surface area contributed by atoms with Gasteiger partial charge in [-0.15, -0.1) is 0 Å². The van der Waals surface area contributed by atoms with Gasteiger partial charge in [-0.3, -0.25) is 34.9 Å². The van der Waals surface area contributed by atoms with E-state index in [2.05, 4.69) is 205 Å². The van der Waals surface area contributed by atoms with Crippen molar-refractivity contribution in [2.45, 2.75) is 34.5 Å². The van der Waals surface area contributed by atoms with Crippen molar-refractivity contribution in [1.82, 2.24) is 34.9 Å². The highest BCUT2D eigenvalue weighted by Crippen LogP contribution is 2.39. The molecule has 20 aromatic rings. The third-order valence-electron chi connectivity index (χ3n) is 18.1. The first-order chi connectivity index (χ1) is 54.4. The van der Waals surface area contributed by atoms with Gasteiger partial charge < -0.3 is 0 Å². The van der Waals surface area contributed by atoms with Gasteiger partial charge in [0.1, 0.15) is 0 Å². The van der Waals surface area contributed by atoms with Crippen molar-refractivity contribution in [2.75, 3.05) is 0 Å². The molecule has 0 saturated carbocycles. The minimum absolute atomic E-state index is 0.294. The highest BCUT2D eigenvalue weighted by atomic mass is 14.7. The quantitative estimate of drug-likeness (QED) is 0.140. The second-order valence-corrected chi connectivity index (χ2v) is 23.9. The number of fused-ring (bicyclic) bond motifs is 30. The van der Waals surface area contributed by atoms with E-state index in [1.54, 1.807) is 12.4 Å². The molecule has 0 amide bonds. The summed E-state index contributed by atoms with van der Waals surface area (Å²) in [4.78, 5) is 30.9. The Hall–Kier alpha value is -12.2. The molecule has 0 radical (unpaired) electrons. The molecule has 0 unspecified atom stereocenters. The van der Waals surface area contributed by atoms with Crippen molar-refractivity contribution in [3.05, 3.63) is 320 Å². The molecule has 0 saturated heterocycles. The Kier molecular flexibility index (Phi) is 12.3. The van der Waals surface area contributed by atoms with E-state index < -0.39 is 0 Å². The van der Waals surface area contributed by atoms with Gasteiger partial charge in [0.2, 0.25) is 0 Å². The molecule has 0 aliphatic carbocycles. The molecule has 13 aromatic carbocycles. The van der Waals surface area contributed by atoms with Gasteiger partial charge in [0.05, 0.1) is 22.1 Å². The number of hydrogen-bond donors (Lipinski definition) is 0. The first kappa shape index (κ1) is 47.7. The van der Waals surface area contributed by atoms with Crippen LogP contribution in [0.1, 0.15) is 49.5 Å². The second-order valence-electron chi connectivity index (χ2n) is 23.9. The number of aryl methyl sites for hydroxylation is 5. The molecule has 0 aliphatic rings. The Morgan fingerprint density at radius 1 is 0.200 bits per heavy atom. The molecule has 0 spiro atoms. The maximum atomic E-state index is 7.57. The van der Waals surface area contributed by atoms with Crippen LogP contribution in [0.2, 0.25) is 0 Å². The first-order valence-electron chi connectivity index (χ1n) is 40.0. The molecule has 7 nitrogen and oxygen atoms in total. The van der Waals surface area contributed by atoms with Crippen LogP contribution in [0.15, 0.2) is 292 Å². The predicted molar refractivity (Wildman–Crippen MR) is 414 cm³/mol. The fourth-order valence-electron chi connectivity index (χ4n) is 13.9. The maximum absolute atomic E-state index is 7.57. The Bertz CT molecular complexity index is 5510. The highest BCUT2D eigenvalue weighted by Gasteiger charge is 2.14. The SMILES string of the molecule is [2H]Cc1ccc2c(c1)c1cccnc1c1ncccc21.[2H]Cc1ccc2c3ccccc3c3cccnc3c2c1.[2H]Cc1ccc2c3ccccc3c3ccncc3c2c1.[2H]Cc1ccc2c3ccccc3c3ncccc3c2c1.[2H]Cc1ccc2c3ccncc3c3ccncc3c2c1.[2H][2H].[2H][2H].[2H][2H].[2H][2H].[2H][2H]. The van der Waals surface area contributed by atoms with E-state index in [0.717, 1.165) is 104 Å². The lowest BCUT2D eigenvalue weighted by molar-refractivity contribution is 1.36. The summed E-state index contributed by atoms with van der Waals surface area (Å²) in [5, 5.41) is 30.9. The van der Waals surface area contributed by atoms with Crippen LogP contribution in [0.5, 0.6) is 0 Å². The third-order valence-corrected chi connectivity index (χ3v) is 18.1. The van der Waals surface area contributed by atoms with Gasteiger partial charge in [-0.05, 0) is 175 Å². The molecule has 95 heavy (non-hydrogen) atoms. The molecule has 0 atom stereocenters. The minimum atomic E-state index is 0.294. The number of nitrogens with zero attached hydrogens (tertiary/aromatic N) is 7. The zero-order chi connectivity index (χ0) is 77.6. The van der Waals surface area contributed by atoms with Gasteiger partial charge in [-0.1, -0.05) is 210 Å². The summed E-state index contributed by atoms with van der Waals surface area (Å²) in [7, 11) is 0. The monoisotopic (exact) mass is 1240 g/mol. The van der Waals surface area contributed by atoms with Gasteiger partial charge in [0, 0.05) is 132 Å². The zero-order valence-corrected chi connectivity index (χ0v) is 51.9. The Morgan fingerprint density at radius 3 is 0.800 bits per heavy atom. The molecular weight excluding hydrogens is 1160 g/mol. The van der Waals surface area contributed by atoms with Crippen molar-refractivity contribution in [1.29, 1.82) is 0 Å². The van der Waals surface area contributed by atoms with E-state index in [1.807, 2.05) is 110 Å². The number of rotatable bonds is 0. The van der Waals surface area contributed by atoms with E-state index in [9.17, 15) is 0 Å². The average molecular weight is 1240 g/mol. The van der Waals surface area contributed by atoms with E-state index in [4.69, 9.17) is 21.7 Å². The van der Waals surface area contributed by atoms with Crippen LogP contribution in [0.25, 0.3) is 162 Å². The van der Waals surface area contributed by atoms with Crippen LogP contribution in [-0.4, -0.2) is 34.9 Å². The van der Waals surface area contributed by atoms with Crippen LogP contribution < -0.4 is 0 Å². The maximum Gasteiger partial charge on any atom is 0.0970 e. The number of benzene rings is 13. The molecule has 0 fully saturated rings. The summed E-state index contributed by atoms with van der Waals surface area (Å²) in [6, 6.07) is 79.0. The van der Waals surface area contributed by atoms with Crippen molar-refractivity contribution in [3.63, 3.8) is 0 Å². The average Bonchev–Trinajstić information content (AvgIpc) is 0.778. The van der Waals surface area contributed by atoms with Crippen molar-refractivity contribution >= 4 is 162 Å². The van der Waals surface area contributed by atoms with Crippen molar-refractivity contribution in [2.24, 2.45) is 0 Å². The van der Waals surface area contributed by atoms with E-state index in [0.29, 0.717) is 34.5 Å². The second kappa shape index (κ2) is 24.5. The lowest BCUT2D eigenvalue weighted by Crippen LogP contribution is -1.88. The summed E-state index contributed by atoms with van der Waals surface area (Å²) in [6.45, 7) is 1.51. The van der Waals surface area contributed by atoms with Crippen LogP contribution in [0, 0.1) is 34.5 Å². The van der Waals surface area contributed by atoms with Gasteiger partial charge >= 0.3 is 0 Å². The van der Waals surface area contributed by atoms with E-state index in [1.165, 1.54) is 86.2 Å². The van der Waals surface area contributed by atoms with Crippen LogP contribution >= 0.6 is 0 Å². The Balaban J connectivity index is 0.000000132. The molecule has 7 heteroatoms. The molecule has 0 N–H and O–H groups in total. The van der Waals surface area contributed by atoms with Crippen molar-refractivity contribution in [3.8, 4) is 0 Å². The van der Waals surface area contributed by atoms with Gasteiger partial charge in [-0.2, -0.15) is 0 Å². The predicted octanol–water partition coefficient (Wildman–Crippen LogP) is 24.3. The number of hydrogen-bond acceptors (Lipinski definition) is 7. The third kappa shape index (κ3) is 10.5. The van der Waals surface area contributed by atoms with Gasteiger partial charge in [0.25, 0.3) is 0 Å². The van der Waals surface area contributed by atoms with Crippen LogP contribution in [0.4, 0.5) is 0 Å². The van der Waals surface area contributed by atoms with E-state index >= 15 is 0 Å². The highest BCUT2D eigenvalue weighted by molar-refractivity contribution is 6.28. The lowest BCUT2D eigenvalue weighted by atomic mass is 9.94. The summed E-state index contributed by atoms with van der Waals surface area (Å²) in [5.74, 6) is 0. The molecule has 0 aliphatic heterocycles. The number of aromatic nitrogens is 7. The summed E-state index contributed by atoms with van der Waals surface area (Å²) >= 11 is 0. The smallest absolute Gasteiger partial charge is 0.0970 e. The van der Waals surface area contributed by atoms with E-state index in [-0.39, 0.29) is 0 Å². The number of pyridine rings is 7. The van der Waals surface area contributed by atoms with Gasteiger partial charge in [-0.25, -0.2) is 0 Å². The molecule has 460 valence electrons. The minimum Gasteiger partial charge on any atom is -0.264 e. The topological polar surface area (TPSA) is 90.2 Å². The summed E-state index contributed by atoms with van der Waals surface area (Å²) in [5.41, 5.74) is 9.08. The molecular formula is C88H73N7. The Labute approximate surface area is 571 Å². The van der Waals surface area contributed by atoms with Crippen LogP contribution in [-0.2, 0) is 0 Å².